The van der Waals surface area contributed by atoms with Crippen LogP contribution in [0.2, 0.25) is 0 Å². The summed E-state index contributed by atoms with van der Waals surface area (Å²) in [5.41, 5.74) is 0. The van der Waals surface area contributed by atoms with E-state index in [1.165, 1.54) is 12.8 Å². The highest BCUT2D eigenvalue weighted by Gasteiger charge is 2.26. The van der Waals surface area contributed by atoms with Gasteiger partial charge < -0.3 is 10.6 Å². The highest BCUT2D eigenvalue weighted by molar-refractivity contribution is 5.81. The second-order valence-corrected chi connectivity index (χ2v) is 5.16. The van der Waals surface area contributed by atoms with Crippen molar-refractivity contribution in [1.82, 2.24) is 15.5 Å². The van der Waals surface area contributed by atoms with Gasteiger partial charge in [-0.2, -0.15) is 0 Å². The van der Waals surface area contributed by atoms with Crippen LogP contribution in [-0.2, 0) is 4.79 Å². The van der Waals surface area contributed by atoms with Crippen molar-refractivity contribution >= 4 is 5.91 Å². The number of carbonyl (C=O) groups excluding carboxylic acids is 1. The summed E-state index contributed by atoms with van der Waals surface area (Å²) in [5.74, 6) is 0.146. The van der Waals surface area contributed by atoms with Gasteiger partial charge >= 0.3 is 0 Å². The number of hydrogen-bond donors (Lipinski definition) is 2. The van der Waals surface area contributed by atoms with Gasteiger partial charge in [-0.3, -0.25) is 9.69 Å². The van der Waals surface area contributed by atoms with Crippen molar-refractivity contribution in [2.75, 3.05) is 20.1 Å². The Morgan fingerprint density at radius 2 is 2.24 bits per heavy atom. The Hall–Kier alpha value is -0.610. The van der Waals surface area contributed by atoms with Crippen molar-refractivity contribution in [1.29, 1.82) is 0 Å². The predicted molar refractivity (Wildman–Crippen MR) is 71.0 cm³/mol. The van der Waals surface area contributed by atoms with E-state index in [0.29, 0.717) is 6.04 Å². The van der Waals surface area contributed by atoms with Gasteiger partial charge in [-0.25, -0.2) is 0 Å². The third-order valence-electron chi connectivity index (χ3n) is 3.84. The number of hydrogen-bond acceptors (Lipinski definition) is 3. The first-order valence-corrected chi connectivity index (χ1v) is 6.79. The summed E-state index contributed by atoms with van der Waals surface area (Å²) in [6, 6.07) is 0.707. The van der Waals surface area contributed by atoms with Gasteiger partial charge in [0.1, 0.15) is 0 Å². The molecule has 3 unspecified atom stereocenters. The Bertz CT molecular complexity index is 239. The molecule has 1 amide bonds. The molecule has 1 heterocycles. The standard InChI is InChI=1S/C13H27N3O/c1-5-10(2)15-13(17)11(3)16(4)12-7-6-8-14-9-12/h10-12,14H,5-9H2,1-4H3,(H,15,17). The number of nitrogens with one attached hydrogen (secondary N) is 2. The minimum atomic E-state index is -0.0473. The van der Waals surface area contributed by atoms with Gasteiger partial charge in [0.15, 0.2) is 0 Å². The van der Waals surface area contributed by atoms with Crippen LogP contribution in [0.25, 0.3) is 0 Å². The second-order valence-electron chi connectivity index (χ2n) is 5.16. The zero-order valence-corrected chi connectivity index (χ0v) is 11.6. The topological polar surface area (TPSA) is 44.4 Å². The zero-order valence-electron chi connectivity index (χ0n) is 11.6. The van der Waals surface area contributed by atoms with Crippen molar-refractivity contribution in [2.45, 2.75) is 58.2 Å². The third kappa shape index (κ3) is 4.28. The van der Waals surface area contributed by atoms with Crippen molar-refractivity contribution in [2.24, 2.45) is 0 Å². The van der Waals surface area contributed by atoms with E-state index >= 15 is 0 Å². The average molecular weight is 241 g/mol. The summed E-state index contributed by atoms with van der Waals surface area (Å²) in [5, 5.41) is 6.44. The van der Waals surface area contributed by atoms with E-state index in [-0.39, 0.29) is 18.0 Å². The monoisotopic (exact) mass is 241 g/mol. The molecule has 1 aliphatic heterocycles. The van der Waals surface area contributed by atoms with Crippen LogP contribution in [-0.4, -0.2) is 49.1 Å². The first-order valence-electron chi connectivity index (χ1n) is 6.79. The largest absolute Gasteiger partial charge is 0.352 e. The molecule has 0 aromatic rings. The van der Waals surface area contributed by atoms with Gasteiger partial charge in [0.2, 0.25) is 5.91 Å². The highest BCUT2D eigenvalue weighted by Crippen LogP contribution is 2.11. The van der Waals surface area contributed by atoms with Crippen LogP contribution in [0.1, 0.15) is 40.0 Å². The van der Waals surface area contributed by atoms with Crippen molar-refractivity contribution in [3.05, 3.63) is 0 Å². The van der Waals surface area contributed by atoms with Gasteiger partial charge in [0, 0.05) is 18.6 Å². The normalized spacial score (nSPS) is 24.4. The molecule has 3 atom stereocenters. The van der Waals surface area contributed by atoms with E-state index in [4.69, 9.17) is 0 Å². The molecule has 1 aliphatic rings. The number of nitrogens with zero attached hydrogens (tertiary/aromatic N) is 1. The maximum atomic E-state index is 12.0. The Balaban J connectivity index is 2.43. The average Bonchev–Trinajstić information content (AvgIpc) is 2.37. The molecule has 0 radical (unpaired) electrons. The molecule has 4 nitrogen and oxygen atoms in total. The highest BCUT2D eigenvalue weighted by atomic mass is 16.2. The molecule has 1 rings (SSSR count). The molecule has 2 N–H and O–H groups in total. The van der Waals surface area contributed by atoms with Gasteiger partial charge in [-0.15, -0.1) is 0 Å². The Morgan fingerprint density at radius 3 is 2.76 bits per heavy atom. The van der Waals surface area contributed by atoms with Gasteiger partial charge in [-0.1, -0.05) is 6.92 Å². The van der Waals surface area contributed by atoms with E-state index in [1.807, 2.05) is 13.8 Å². The number of likely N-dealkylation sites (N-methyl/N-ethyl adjacent to an activating group) is 1. The zero-order chi connectivity index (χ0) is 12.8. The lowest BCUT2D eigenvalue weighted by atomic mass is 10.0. The molecule has 0 bridgehead atoms. The van der Waals surface area contributed by atoms with E-state index in [2.05, 4.69) is 29.5 Å². The first kappa shape index (κ1) is 14.5. The molecule has 1 fully saturated rings. The number of carbonyl (C=O) groups is 1. The Kier molecular flexibility index (Phi) is 5.92. The number of rotatable bonds is 5. The SMILES string of the molecule is CCC(C)NC(=O)C(C)N(C)C1CCCNC1. The lowest BCUT2D eigenvalue weighted by Crippen LogP contribution is -2.53. The smallest absolute Gasteiger partial charge is 0.237 e. The van der Waals surface area contributed by atoms with Crippen molar-refractivity contribution in [3.63, 3.8) is 0 Å². The molecule has 100 valence electrons. The molecule has 4 heteroatoms. The minimum Gasteiger partial charge on any atom is -0.352 e. The summed E-state index contributed by atoms with van der Waals surface area (Å²) in [7, 11) is 2.05. The molecular formula is C13H27N3O. The summed E-state index contributed by atoms with van der Waals surface area (Å²) >= 11 is 0. The lowest BCUT2D eigenvalue weighted by Gasteiger charge is -2.35. The van der Waals surface area contributed by atoms with E-state index in [0.717, 1.165) is 19.5 Å². The van der Waals surface area contributed by atoms with Crippen molar-refractivity contribution in [3.8, 4) is 0 Å². The van der Waals surface area contributed by atoms with Crippen LogP contribution in [0.3, 0.4) is 0 Å². The van der Waals surface area contributed by atoms with Crippen LogP contribution >= 0.6 is 0 Å². The lowest BCUT2D eigenvalue weighted by molar-refractivity contribution is -0.126. The second kappa shape index (κ2) is 6.97. The van der Waals surface area contributed by atoms with Crippen LogP contribution in [0.15, 0.2) is 0 Å². The first-order chi connectivity index (χ1) is 8.06. The van der Waals surface area contributed by atoms with Crippen LogP contribution < -0.4 is 10.6 Å². The van der Waals surface area contributed by atoms with Gasteiger partial charge in [0.05, 0.1) is 6.04 Å². The van der Waals surface area contributed by atoms with Crippen molar-refractivity contribution < 1.29 is 4.79 Å². The number of amides is 1. The van der Waals surface area contributed by atoms with Crippen LogP contribution in [0.5, 0.6) is 0 Å². The maximum Gasteiger partial charge on any atom is 0.237 e. The summed E-state index contributed by atoms with van der Waals surface area (Å²) in [6.45, 7) is 8.23. The molecule has 0 spiro atoms. The Morgan fingerprint density at radius 1 is 1.53 bits per heavy atom. The molecule has 0 saturated carbocycles. The fraction of sp³-hybridized carbons (Fsp3) is 0.923. The summed E-state index contributed by atoms with van der Waals surface area (Å²) < 4.78 is 0. The van der Waals surface area contributed by atoms with Crippen LogP contribution in [0, 0.1) is 0 Å². The summed E-state index contributed by atoms with van der Waals surface area (Å²) in [4.78, 5) is 14.2. The molecule has 0 aromatic heterocycles. The maximum absolute atomic E-state index is 12.0. The van der Waals surface area contributed by atoms with Crippen LogP contribution in [0.4, 0.5) is 0 Å². The van der Waals surface area contributed by atoms with Gasteiger partial charge in [0.25, 0.3) is 0 Å². The fourth-order valence-electron chi connectivity index (χ4n) is 2.15. The molecular weight excluding hydrogens is 214 g/mol. The minimum absolute atomic E-state index is 0.0473. The van der Waals surface area contributed by atoms with E-state index in [9.17, 15) is 4.79 Å². The molecule has 17 heavy (non-hydrogen) atoms. The quantitative estimate of drug-likeness (QED) is 0.754. The molecule has 1 saturated heterocycles. The fourth-order valence-corrected chi connectivity index (χ4v) is 2.15. The van der Waals surface area contributed by atoms with E-state index < -0.39 is 0 Å². The predicted octanol–water partition coefficient (Wildman–Crippen LogP) is 0.973. The van der Waals surface area contributed by atoms with E-state index in [1.54, 1.807) is 0 Å². The summed E-state index contributed by atoms with van der Waals surface area (Å²) in [6.07, 6.45) is 3.37. The number of piperidine rings is 1. The molecule has 0 aromatic carbocycles. The molecule has 0 aliphatic carbocycles. The third-order valence-corrected chi connectivity index (χ3v) is 3.84. The van der Waals surface area contributed by atoms with Gasteiger partial charge in [-0.05, 0) is 46.7 Å². The Labute approximate surface area is 105 Å².